The summed E-state index contributed by atoms with van der Waals surface area (Å²) in [6.07, 6.45) is 1.77. The van der Waals surface area contributed by atoms with Gasteiger partial charge in [0, 0.05) is 37.8 Å². The molecule has 1 aromatic carbocycles. The number of rotatable bonds is 1. The molecule has 2 heterocycles. The van der Waals surface area contributed by atoms with Gasteiger partial charge in [0.25, 0.3) is 0 Å². The molecule has 2 aliphatic heterocycles. The van der Waals surface area contributed by atoms with Crippen LogP contribution >= 0.6 is 0 Å². The summed E-state index contributed by atoms with van der Waals surface area (Å²) in [5, 5.41) is 0. The van der Waals surface area contributed by atoms with Gasteiger partial charge in [-0.05, 0) is 25.0 Å². The third kappa shape index (κ3) is 1.79. The van der Waals surface area contributed by atoms with Crippen LogP contribution in [0.3, 0.4) is 0 Å². The normalized spacial score (nSPS) is 24.1. The SMILES string of the molecule is Cc1ccccc1N1CCN2C(=O)CCC2C1. The van der Waals surface area contributed by atoms with E-state index in [1.807, 2.05) is 0 Å². The molecule has 90 valence electrons. The van der Waals surface area contributed by atoms with Crippen molar-refractivity contribution in [2.45, 2.75) is 25.8 Å². The lowest BCUT2D eigenvalue weighted by Gasteiger charge is -2.39. The van der Waals surface area contributed by atoms with E-state index in [1.54, 1.807) is 0 Å². The molecule has 3 heteroatoms. The van der Waals surface area contributed by atoms with Gasteiger partial charge in [0.2, 0.25) is 5.91 Å². The Bertz CT molecular complexity index is 444. The minimum atomic E-state index is 0.347. The summed E-state index contributed by atoms with van der Waals surface area (Å²) in [6.45, 7) is 5.00. The number of hydrogen-bond donors (Lipinski definition) is 0. The van der Waals surface area contributed by atoms with Crippen molar-refractivity contribution in [1.82, 2.24) is 4.90 Å². The monoisotopic (exact) mass is 230 g/mol. The largest absolute Gasteiger partial charge is 0.367 e. The first-order chi connectivity index (χ1) is 8.25. The van der Waals surface area contributed by atoms with Crippen LogP contribution in [0.15, 0.2) is 24.3 Å². The van der Waals surface area contributed by atoms with Crippen molar-refractivity contribution in [2.75, 3.05) is 24.5 Å². The van der Waals surface area contributed by atoms with Crippen molar-refractivity contribution in [3.63, 3.8) is 0 Å². The highest BCUT2D eigenvalue weighted by Gasteiger charge is 2.35. The maximum absolute atomic E-state index is 11.6. The highest BCUT2D eigenvalue weighted by atomic mass is 16.2. The first kappa shape index (κ1) is 10.6. The number of aryl methyl sites for hydroxylation is 1. The van der Waals surface area contributed by atoms with Gasteiger partial charge in [0.05, 0.1) is 0 Å². The average molecular weight is 230 g/mol. The van der Waals surface area contributed by atoms with Crippen molar-refractivity contribution in [3.8, 4) is 0 Å². The molecule has 1 aromatic rings. The van der Waals surface area contributed by atoms with E-state index >= 15 is 0 Å². The molecule has 0 bridgehead atoms. The third-order valence-electron chi connectivity index (χ3n) is 3.95. The predicted octanol–water partition coefficient (Wildman–Crippen LogP) is 1.81. The number of nitrogens with zero attached hydrogens (tertiary/aromatic N) is 2. The maximum atomic E-state index is 11.6. The average Bonchev–Trinajstić information content (AvgIpc) is 2.71. The fourth-order valence-corrected chi connectivity index (χ4v) is 3.00. The molecule has 2 aliphatic rings. The van der Waals surface area contributed by atoms with Crippen LogP contribution < -0.4 is 4.90 Å². The Labute approximate surface area is 102 Å². The second-order valence-corrected chi connectivity index (χ2v) is 5.01. The standard InChI is InChI=1S/C14H18N2O/c1-11-4-2-3-5-13(11)15-8-9-16-12(10-15)6-7-14(16)17/h2-5,12H,6-10H2,1H3. The van der Waals surface area contributed by atoms with E-state index in [4.69, 9.17) is 0 Å². The second kappa shape index (κ2) is 4.06. The molecule has 1 atom stereocenters. The third-order valence-corrected chi connectivity index (χ3v) is 3.95. The summed E-state index contributed by atoms with van der Waals surface area (Å²) in [5.74, 6) is 0.347. The number of piperazine rings is 1. The van der Waals surface area contributed by atoms with Crippen LogP contribution in [0.5, 0.6) is 0 Å². The summed E-state index contributed by atoms with van der Waals surface area (Å²) >= 11 is 0. The number of amides is 1. The number of carbonyl (C=O) groups is 1. The highest BCUT2D eigenvalue weighted by Crippen LogP contribution is 2.27. The molecule has 1 unspecified atom stereocenters. The molecule has 1 amide bonds. The van der Waals surface area contributed by atoms with Crippen molar-refractivity contribution < 1.29 is 4.79 Å². The van der Waals surface area contributed by atoms with Crippen LogP contribution in [-0.2, 0) is 4.79 Å². The van der Waals surface area contributed by atoms with Crippen molar-refractivity contribution >= 4 is 11.6 Å². The van der Waals surface area contributed by atoms with E-state index < -0.39 is 0 Å². The molecule has 0 aromatic heterocycles. The smallest absolute Gasteiger partial charge is 0.223 e. The molecule has 3 nitrogen and oxygen atoms in total. The lowest BCUT2D eigenvalue weighted by molar-refractivity contribution is -0.129. The zero-order valence-electron chi connectivity index (χ0n) is 10.2. The first-order valence-electron chi connectivity index (χ1n) is 6.36. The Hall–Kier alpha value is -1.51. The molecular weight excluding hydrogens is 212 g/mol. The first-order valence-corrected chi connectivity index (χ1v) is 6.36. The van der Waals surface area contributed by atoms with Crippen LogP contribution in [0.4, 0.5) is 5.69 Å². The molecule has 0 N–H and O–H groups in total. The van der Waals surface area contributed by atoms with Crippen molar-refractivity contribution in [2.24, 2.45) is 0 Å². The van der Waals surface area contributed by atoms with E-state index in [0.29, 0.717) is 11.9 Å². The lowest BCUT2D eigenvalue weighted by atomic mass is 10.1. The Kier molecular flexibility index (Phi) is 2.54. The van der Waals surface area contributed by atoms with Gasteiger partial charge in [-0.1, -0.05) is 18.2 Å². The Morgan fingerprint density at radius 3 is 2.88 bits per heavy atom. The van der Waals surface area contributed by atoms with Gasteiger partial charge < -0.3 is 9.80 Å². The highest BCUT2D eigenvalue weighted by molar-refractivity contribution is 5.79. The number of fused-ring (bicyclic) bond motifs is 1. The predicted molar refractivity (Wildman–Crippen MR) is 68.1 cm³/mol. The van der Waals surface area contributed by atoms with E-state index in [-0.39, 0.29) is 0 Å². The molecule has 2 saturated heterocycles. The number of para-hydroxylation sites is 1. The molecule has 0 saturated carbocycles. The lowest BCUT2D eigenvalue weighted by Crippen LogP contribution is -2.51. The molecule has 2 fully saturated rings. The van der Waals surface area contributed by atoms with E-state index in [0.717, 1.165) is 32.5 Å². The molecule has 0 aliphatic carbocycles. The summed E-state index contributed by atoms with van der Waals surface area (Å²) in [5.41, 5.74) is 2.65. The van der Waals surface area contributed by atoms with Gasteiger partial charge in [-0.2, -0.15) is 0 Å². The summed E-state index contributed by atoms with van der Waals surface area (Å²) < 4.78 is 0. The molecular formula is C14H18N2O. The van der Waals surface area contributed by atoms with Gasteiger partial charge in [0.15, 0.2) is 0 Å². The van der Waals surface area contributed by atoms with Gasteiger partial charge in [-0.3, -0.25) is 4.79 Å². The molecule has 3 rings (SSSR count). The van der Waals surface area contributed by atoms with Crippen LogP contribution in [0.25, 0.3) is 0 Å². The molecule has 17 heavy (non-hydrogen) atoms. The topological polar surface area (TPSA) is 23.6 Å². The van der Waals surface area contributed by atoms with Gasteiger partial charge in [0.1, 0.15) is 0 Å². The minimum absolute atomic E-state index is 0.347. The van der Waals surface area contributed by atoms with E-state index in [2.05, 4.69) is 41.0 Å². The fourth-order valence-electron chi connectivity index (χ4n) is 3.00. The van der Waals surface area contributed by atoms with Crippen LogP contribution in [0.1, 0.15) is 18.4 Å². The summed E-state index contributed by atoms with van der Waals surface area (Å²) in [7, 11) is 0. The Morgan fingerprint density at radius 2 is 2.06 bits per heavy atom. The van der Waals surface area contributed by atoms with Gasteiger partial charge in [-0.25, -0.2) is 0 Å². The van der Waals surface area contributed by atoms with Gasteiger partial charge in [-0.15, -0.1) is 0 Å². The number of hydrogen-bond acceptors (Lipinski definition) is 2. The molecule has 0 spiro atoms. The number of benzene rings is 1. The minimum Gasteiger partial charge on any atom is -0.367 e. The second-order valence-electron chi connectivity index (χ2n) is 5.01. The fraction of sp³-hybridized carbons (Fsp3) is 0.500. The van der Waals surface area contributed by atoms with E-state index in [9.17, 15) is 4.79 Å². The molecule has 0 radical (unpaired) electrons. The van der Waals surface area contributed by atoms with Crippen LogP contribution in [-0.4, -0.2) is 36.5 Å². The zero-order chi connectivity index (χ0) is 11.8. The van der Waals surface area contributed by atoms with Crippen LogP contribution in [0, 0.1) is 6.92 Å². The Morgan fingerprint density at radius 1 is 1.24 bits per heavy atom. The Balaban J connectivity index is 1.80. The summed E-state index contributed by atoms with van der Waals surface area (Å²) in [6, 6.07) is 8.95. The number of anilines is 1. The number of carbonyl (C=O) groups excluding carboxylic acids is 1. The quantitative estimate of drug-likeness (QED) is 0.734. The van der Waals surface area contributed by atoms with Crippen LogP contribution in [0.2, 0.25) is 0 Å². The van der Waals surface area contributed by atoms with Gasteiger partial charge >= 0.3 is 0 Å². The maximum Gasteiger partial charge on any atom is 0.223 e. The van der Waals surface area contributed by atoms with Crippen molar-refractivity contribution in [3.05, 3.63) is 29.8 Å². The van der Waals surface area contributed by atoms with Crippen molar-refractivity contribution in [1.29, 1.82) is 0 Å². The zero-order valence-corrected chi connectivity index (χ0v) is 10.2. The summed E-state index contributed by atoms with van der Waals surface area (Å²) in [4.78, 5) is 16.1. The van der Waals surface area contributed by atoms with E-state index in [1.165, 1.54) is 11.3 Å².